The summed E-state index contributed by atoms with van der Waals surface area (Å²) in [4.78, 5) is 0.219. The van der Waals surface area contributed by atoms with Gasteiger partial charge in [0, 0.05) is 18.2 Å². The number of ether oxygens (including phenoxy) is 2. The van der Waals surface area contributed by atoms with E-state index < -0.39 is 15.6 Å². The molecule has 3 N–H and O–H groups in total. The second-order valence-electron chi connectivity index (χ2n) is 6.22. The topological polar surface area (TPSA) is 90.7 Å². The van der Waals surface area contributed by atoms with Crippen LogP contribution in [0.3, 0.4) is 0 Å². The van der Waals surface area contributed by atoms with E-state index in [2.05, 4.69) is 4.72 Å². The molecule has 0 unspecified atom stereocenters. The summed E-state index contributed by atoms with van der Waals surface area (Å²) in [5, 5.41) is 0. The van der Waals surface area contributed by atoms with Crippen molar-refractivity contribution in [3.63, 3.8) is 0 Å². The van der Waals surface area contributed by atoms with Gasteiger partial charge in [-0.05, 0) is 31.4 Å². The van der Waals surface area contributed by atoms with Crippen LogP contribution in [0.25, 0.3) is 0 Å². The number of fused-ring (bicyclic) bond motifs is 1. The fourth-order valence-electron chi connectivity index (χ4n) is 3.06. The Morgan fingerprint density at radius 1 is 1.18 bits per heavy atom. The van der Waals surface area contributed by atoms with Crippen LogP contribution in [0.5, 0.6) is 11.5 Å². The molecule has 1 aliphatic heterocycles. The molecule has 0 amide bonds. The lowest BCUT2D eigenvalue weighted by molar-refractivity contribution is 0.174. The van der Waals surface area contributed by atoms with Gasteiger partial charge in [0.05, 0.1) is 4.90 Å². The molecule has 1 aromatic carbocycles. The summed E-state index contributed by atoms with van der Waals surface area (Å²) in [6, 6.07) is 3.21. The Kier molecular flexibility index (Phi) is 4.05. The summed E-state index contributed by atoms with van der Waals surface area (Å²) >= 11 is 0. The first-order valence-electron chi connectivity index (χ1n) is 7.58. The van der Waals surface area contributed by atoms with Gasteiger partial charge in [-0.15, -0.1) is 0 Å². The maximum Gasteiger partial charge on any atom is 0.241 e. The molecule has 3 rings (SSSR count). The highest BCUT2D eigenvalue weighted by atomic mass is 32.2. The van der Waals surface area contributed by atoms with E-state index in [9.17, 15) is 8.42 Å². The standard InChI is InChI=1S/C15H22N2O4S/c1-11-7-12-13(21-10-20-12)8-14(11)22(18,19)17-9-15(16)5-3-2-4-6-15/h7-8,17H,2-6,9-10,16H2,1H3. The summed E-state index contributed by atoms with van der Waals surface area (Å²) in [7, 11) is -3.62. The minimum absolute atomic E-state index is 0.123. The Bertz CT molecular complexity index is 666. The predicted octanol–water partition coefficient (Wildman–Crippen LogP) is 1.66. The molecule has 22 heavy (non-hydrogen) atoms. The normalized spacial score (nSPS) is 20.1. The molecule has 0 spiro atoms. The number of hydrogen-bond acceptors (Lipinski definition) is 5. The number of sulfonamides is 1. The molecule has 0 aromatic heterocycles. The number of nitrogens with two attached hydrogens (primary N) is 1. The third kappa shape index (κ3) is 3.06. The minimum Gasteiger partial charge on any atom is -0.454 e. The molecule has 0 bridgehead atoms. The van der Waals surface area contributed by atoms with Crippen molar-refractivity contribution in [2.24, 2.45) is 5.73 Å². The van der Waals surface area contributed by atoms with Gasteiger partial charge in [0.1, 0.15) is 0 Å². The number of rotatable bonds is 4. The molecule has 122 valence electrons. The van der Waals surface area contributed by atoms with Crippen LogP contribution in [-0.4, -0.2) is 27.3 Å². The molecule has 1 saturated carbocycles. The molecule has 6 nitrogen and oxygen atoms in total. The van der Waals surface area contributed by atoms with E-state index in [4.69, 9.17) is 15.2 Å². The van der Waals surface area contributed by atoms with Crippen LogP contribution >= 0.6 is 0 Å². The van der Waals surface area contributed by atoms with Gasteiger partial charge < -0.3 is 15.2 Å². The SMILES string of the molecule is Cc1cc2c(cc1S(=O)(=O)NCC1(N)CCCCC1)OCO2. The summed E-state index contributed by atoms with van der Waals surface area (Å²) < 4.78 is 38.3. The zero-order valence-electron chi connectivity index (χ0n) is 12.7. The smallest absolute Gasteiger partial charge is 0.241 e. The molecule has 0 saturated heterocycles. The van der Waals surface area contributed by atoms with Gasteiger partial charge in [0.2, 0.25) is 16.8 Å². The first kappa shape index (κ1) is 15.6. The number of nitrogens with one attached hydrogen (secondary N) is 1. The van der Waals surface area contributed by atoms with Gasteiger partial charge in [-0.2, -0.15) is 0 Å². The molecule has 1 aromatic rings. The average Bonchev–Trinajstić information content (AvgIpc) is 2.92. The summed E-state index contributed by atoms with van der Waals surface area (Å²) in [6.45, 7) is 2.14. The second kappa shape index (κ2) is 5.72. The van der Waals surface area contributed by atoms with Crippen molar-refractivity contribution in [1.82, 2.24) is 4.72 Å². The van der Waals surface area contributed by atoms with Crippen molar-refractivity contribution in [2.75, 3.05) is 13.3 Å². The lowest BCUT2D eigenvalue weighted by Gasteiger charge is -2.33. The van der Waals surface area contributed by atoms with Gasteiger partial charge >= 0.3 is 0 Å². The first-order valence-corrected chi connectivity index (χ1v) is 9.07. The Hall–Kier alpha value is -1.31. The summed E-state index contributed by atoms with van der Waals surface area (Å²) in [5.41, 5.74) is 6.50. The Morgan fingerprint density at radius 2 is 1.82 bits per heavy atom. The van der Waals surface area contributed by atoms with Crippen LogP contribution in [0.2, 0.25) is 0 Å². The zero-order chi connectivity index (χ0) is 15.8. The van der Waals surface area contributed by atoms with E-state index in [-0.39, 0.29) is 18.2 Å². The van der Waals surface area contributed by atoms with Crippen molar-refractivity contribution in [1.29, 1.82) is 0 Å². The number of hydrogen-bond donors (Lipinski definition) is 2. The van der Waals surface area contributed by atoms with Crippen LogP contribution < -0.4 is 19.9 Å². The largest absolute Gasteiger partial charge is 0.454 e. The van der Waals surface area contributed by atoms with Gasteiger partial charge in [0.15, 0.2) is 11.5 Å². The Labute approximate surface area is 131 Å². The molecular weight excluding hydrogens is 304 g/mol. The average molecular weight is 326 g/mol. The maximum atomic E-state index is 12.6. The quantitative estimate of drug-likeness (QED) is 0.878. The summed E-state index contributed by atoms with van der Waals surface area (Å²) in [6.07, 6.45) is 5.00. The number of aryl methyl sites for hydroxylation is 1. The van der Waals surface area contributed by atoms with E-state index in [0.717, 1.165) is 25.7 Å². The van der Waals surface area contributed by atoms with E-state index in [1.54, 1.807) is 13.0 Å². The van der Waals surface area contributed by atoms with Gasteiger partial charge in [0.25, 0.3) is 0 Å². The maximum absolute atomic E-state index is 12.6. The minimum atomic E-state index is -3.62. The molecule has 0 atom stereocenters. The van der Waals surface area contributed by atoms with Crippen LogP contribution in [-0.2, 0) is 10.0 Å². The van der Waals surface area contributed by atoms with Crippen molar-refractivity contribution in [3.05, 3.63) is 17.7 Å². The van der Waals surface area contributed by atoms with E-state index in [1.165, 1.54) is 12.5 Å². The first-order chi connectivity index (χ1) is 10.4. The zero-order valence-corrected chi connectivity index (χ0v) is 13.5. The highest BCUT2D eigenvalue weighted by molar-refractivity contribution is 7.89. The van der Waals surface area contributed by atoms with Crippen molar-refractivity contribution in [2.45, 2.75) is 49.5 Å². The van der Waals surface area contributed by atoms with Crippen LogP contribution in [0.15, 0.2) is 17.0 Å². The van der Waals surface area contributed by atoms with Crippen LogP contribution in [0.4, 0.5) is 0 Å². The van der Waals surface area contributed by atoms with E-state index >= 15 is 0 Å². The van der Waals surface area contributed by atoms with Gasteiger partial charge in [-0.1, -0.05) is 19.3 Å². The Morgan fingerprint density at radius 3 is 2.50 bits per heavy atom. The molecule has 0 radical (unpaired) electrons. The molecule has 1 fully saturated rings. The van der Waals surface area contributed by atoms with Crippen LogP contribution in [0.1, 0.15) is 37.7 Å². The molecule has 1 heterocycles. The van der Waals surface area contributed by atoms with Crippen molar-refractivity contribution < 1.29 is 17.9 Å². The fourth-order valence-corrected chi connectivity index (χ4v) is 4.44. The molecule has 7 heteroatoms. The second-order valence-corrected chi connectivity index (χ2v) is 7.95. The lowest BCUT2D eigenvalue weighted by atomic mass is 9.83. The van der Waals surface area contributed by atoms with E-state index in [0.29, 0.717) is 17.1 Å². The van der Waals surface area contributed by atoms with Gasteiger partial charge in [-0.3, -0.25) is 0 Å². The highest BCUT2D eigenvalue weighted by Crippen LogP contribution is 2.36. The fraction of sp³-hybridized carbons (Fsp3) is 0.600. The van der Waals surface area contributed by atoms with Crippen LogP contribution in [0, 0.1) is 6.92 Å². The van der Waals surface area contributed by atoms with E-state index in [1.807, 2.05) is 0 Å². The Balaban J connectivity index is 1.78. The highest BCUT2D eigenvalue weighted by Gasteiger charge is 2.30. The molecular formula is C15H22N2O4S. The predicted molar refractivity (Wildman–Crippen MR) is 82.5 cm³/mol. The third-order valence-corrected chi connectivity index (χ3v) is 5.97. The van der Waals surface area contributed by atoms with Gasteiger partial charge in [-0.25, -0.2) is 13.1 Å². The number of benzene rings is 1. The van der Waals surface area contributed by atoms with Crippen molar-refractivity contribution in [3.8, 4) is 11.5 Å². The van der Waals surface area contributed by atoms with Crippen molar-refractivity contribution >= 4 is 10.0 Å². The molecule has 1 aliphatic carbocycles. The monoisotopic (exact) mass is 326 g/mol. The lowest BCUT2D eigenvalue weighted by Crippen LogP contribution is -2.51. The summed E-state index contributed by atoms with van der Waals surface area (Å²) in [5.74, 6) is 1.05. The third-order valence-electron chi connectivity index (χ3n) is 4.42. The molecule has 2 aliphatic rings.